The SMILES string of the molecule is CC(O)C(N)c1cncc(F)c1. The van der Waals surface area contributed by atoms with Gasteiger partial charge in [-0.2, -0.15) is 0 Å². The summed E-state index contributed by atoms with van der Waals surface area (Å²) < 4.78 is 12.6. The molecule has 1 aromatic rings. The number of hydrogen-bond donors (Lipinski definition) is 2. The van der Waals surface area contributed by atoms with Gasteiger partial charge in [-0.05, 0) is 18.6 Å². The third kappa shape index (κ3) is 1.99. The predicted octanol–water partition coefficient (Wildman–Crippen LogP) is 0.601. The van der Waals surface area contributed by atoms with Crippen molar-refractivity contribution in [2.45, 2.75) is 19.1 Å². The molecule has 0 fully saturated rings. The summed E-state index contributed by atoms with van der Waals surface area (Å²) in [5.41, 5.74) is 6.05. The van der Waals surface area contributed by atoms with Crippen molar-refractivity contribution in [3.05, 3.63) is 29.8 Å². The summed E-state index contributed by atoms with van der Waals surface area (Å²) in [4.78, 5) is 3.62. The van der Waals surface area contributed by atoms with Gasteiger partial charge in [0.2, 0.25) is 0 Å². The number of nitrogens with two attached hydrogens (primary N) is 1. The Bertz CT molecular complexity index is 265. The highest BCUT2D eigenvalue weighted by Gasteiger charge is 2.12. The van der Waals surface area contributed by atoms with Gasteiger partial charge in [0, 0.05) is 6.20 Å². The molecule has 12 heavy (non-hydrogen) atoms. The van der Waals surface area contributed by atoms with Crippen LogP contribution in [0.3, 0.4) is 0 Å². The van der Waals surface area contributed by atoms with E-state index in [0.29, 0.717) is 5.56 Å². The monoisotopic (exact) mass is 170 g/mol. The minimum Gasteiger partial charge on any atom is -0.391 e. The van der Waals surface area contributed by atoms with E-state index in [1.807, 2.05) is 0 Å². The average molecular weight is 170 g/mol. The Kier molecular flexibility index (Phi) is 2.73. The van der Waals surface area contributed by atoms with Gasteiger partial charge < -0.3 is 10.8 Å². The largest absolute Gasteiger partial charge is 0.391 e. The lowest BCUT2D eigenvalue weighted by atomic mass is 10.1. The average Bonchev–Trinajstić information content (AvgIpc) is 2.03. The van der Waals surface area contributed by atoms with Crippen molar-refractivity contribution in [1.29, 1.82) is 0 Å². The van der Waals surface area contributed by atoms with E-state index < -0.39 is 18.0 Å². The summed E-state index contributed by atoms with van der Waals surface area (Å²) in [6.45, 7) is 1.55. The second kappa shape index (κ2) is 3.60. The van der Waals surface area contributed by atoms with Gasteiger partial charge in [0.1, 0.15) is 5.82 Å². The van der Waals surface area contributed by atoms with Crippen LogP contribution in [0.1, 0.15) is 18.5 Å². The molecule has 0 spiro atoms. The smallest absolute Gasteiger partial charge is 0.141 e. The number of rotatable bonds is 2. The molecule has 3 nitrogen and oxygen atoms in total. The molecule has 0 aromatic carbocycles. The van der Waals surface area contributed by atoms with Gasteiger partial charge in [0.25, 0.3) is 0 Å². The molecule has 3 N–H and O–H groups in total. The number of aromatic nitrogens is 1. The fourth-order valence-corrected chi connectivity index (χ4v) is 0.889. The lowest BCUT2D eigenvalue weighted by molar-refractivity contribution is 0.164. The van der Waals surface area contributed by atoms with Crippen molar-refractivity contribution >= 4 is 0 Å². The standard InChI is InChI=1S/C8H11FN2O/c1-5(12)8(10)6-2-7(9)4-11-3-6/h2-5,8,12H,10H2,1H3. The van der Waals surface area contributed by atoms with E-state index in [2.05, 4.69) is 4.98 Å². The first kappa shape index (κ1) is 9.09. The van der Waals surface area contributed by atoms with Gasteiger partial charge in [0.05, 0.1) is 18.3 Å². The predicted molar refractivity (Wildman–Crippen MR) is 42.8 cm³/mol. The molecule has 0 bridgehead atoms. The van der Waals surface area contributed by atoms with Gasteiger partial charge in [-0.15, -0.1) is 0 Å². The Labute approximate surface area is 70.0 Å². The maximum atomic E-state index is 12.6. The van der Waals surface area contributed by atoms with Crippen LogP contribution in [0.15, 0.2) is 18.5 Å². The number of aliphatic hydroxyl groups excluding tert-OH is 1. The summed E-state index contributed by atoms with van der Waals surface area (Å²) in [5.74, 6) is -0.441. The number of hydrogen-bond acceptors (Lipinski definition) is 3. The molecule has 2 unspecified atom stereocenters. The highest BCUT2D eigenvalue weighted by molar-refractivity contribution is 5.15. The quantitative estimate of drug-likeness (QED) is 0.683. The fourth-order valence-electron chi connectivity index (χ4n) is 0.889. The van der Waals surface area contributed by atoms with Crippen LogP contribution in [-0.2, 0) is 0 Å². The topological polar surface area (TPSA) is 59.1 Å². The summed E-state index contributed by atoms with van der Waals surface area (Å²) in [7, 11) is 0. The van der Waals surface area contributed by atoms with Crippen LogP contribution in [0.25, 0.3) is 0 Å². The third-order valence-electron chi connectivity index (χ3n) is 1.63. The van der Waals surface area contributed by atoms with Gasteiger partial charge in [-0.1, -0.05) is 0 Å². The normalized spacial score (nSPS) is 15.7. The molecular weight excluding hydrogens is 159 g/mol. The lowest BCUT2D eigenvalue weighted by Gasteiger charge is -2.13. The molecule has 1 aromatic heterocycles. The molecule has 0 aliphatic heterocycles. The van der Waals surface area contributed by atoms with Crippen molar-refractivity contribution in [2.24, 2.45) is 5.73 Å². The number of halogens is 1. The Morgan fingerprint density at radius 1 is 1.58 bits per heavy atom. The van der Waals surface area contributed by atoms with Gasteiger partial charge in [0.15, 0.2) is 0 Å². The molecule has 2 atom stereocenters. The highest BCUT2D eigenvalue weighted by atomic mass is 19.1. The van der Waals surface area contributed by atoms with Crippen LogP contribution >= 0.6 is 0 Å². The van der Waals surface area contributed by atoms with E-state index in [4.69, 9.17) is 10.8 Å². The van der Waals surface area contributed by atoms with Crippen molar-refractivity contribution in [2.75, 3.05) is 0 Å². The second-order valence-corrected chi connectivity index (χ2v) is 2.70. The van der Waals surface area contributed by atoms with Crippen LogP contribution < -0.4 is 5.73 Å². The van der Waals surface area contributed by atoms with E-state index in [1.54, 1.807) is 6.92 Å². The Balaban J connectivity index is 2.88. The molecule has 1 rings (SSSR count). The maximum absolute atomic E-state index is 12.6. The van der Waals surface area contributed by atoms with Gasteiger partial charge >= 0.3 is 0 Å². The van der Waals surface area contributed by atoms with Crippen molar-refractivity contribution < 1.29 is 9.50 Å². The molecule has 0 saturated heterocycles. The molecule has 0 aliphatic rings. The Hall–Kier alpha value is -1.00. The molecule has 0 radical (unpaired) electrons. The van der Waals surface area contributed by atoms with Crippen molar-refractivity contribution in [3.8, 4) is 0 Å². The van der Waals surface area contributed by atoms with Crippen LogP contribution in [0.2, 0.25) is 0 Å². The molecular formula is C8H11FN2O. The number of nitrogens with zero attached hydrogens (tertiary/aromatic N) is 1. The minimum absolute atomic E-state index is 0.441. The first-order valence-corrected chi connectivity index (χ1v) is 3.65. The molecule has 0 saturated carbocycles. The molecule has 1 heterocycles. The van der Waals surface area contributed by atoms with E-state index >= 15 is 0 Å². The summed E-state index contributed by atoms with van der Waals surface area (Å²) in [5, 5.41) is 9.09. The van der Waals surface area contributed by atoms with Crippen LogP contribution in [0.4, 0.5) is 4.39 Å². The molecule has 0 amide bonds. The Morgan fingerprint density at radius 2 is 2.25 bits per heavy atom. The van der Waals surface area contributed by atoms with E-state index in [0.717, 1.165) is 6.20 Å². The minimum atomic E-state index is -0.700. The Morgan fingerprint density at radius 3 is 2.75 bits per heavy atom. The summed E-state index contributed by atoms with van der Waals surface area (Å²) >= 11 is 0. The van der Waals surface area contributed by atoms with Gasteiger partial charge in [-0.3, -0.25) is 4.98 Å². The van der Waals surface area contributed by atoms with E-state index in [-0.39, 0.29) is 0 Å². The van der Waals surface area contributed by atoms with Crippen molar-refractivity contribution in [3.63, 3.8) is 0 Å². The van der Waals surface area contributed by atoms with Gasteiger partial charge in [-0.25, -0.2) is 4.39 Å². The van der Waals surface area contributed by atoms with E-state index in [9.17, 15) is 4.39 Å². The zero-order valence-electron chi connectivity index (χ0n) is 6.74. The van der Waals surface area contributed by atoms with Crippen LogP contribution in [0, 0.1) is 5.82 Å². The number of aliphatic hydroxyl groups is 1. The number of pyridine rings is 1. The highest BCUT2D eigenvalue weighted by Crippen LogP contribution is 2.13. The first-order valence-electron chi connectivity index (χ1n) is 3.65. The first-order chi connectivity index (χ1) is 5.61. The van der Waals surface area contributed by atoms with Crippen molar-refractivity contribution in [1.82, 2.24) is 4.98 Å². The second-order valence-electron chi connectivity index (χ2n) is 2.70. The summed E-state index contributed by atoms with van der Waals surface area (Å²) in [6.07, 6.45) is 1.84. The molecule has 0 aliphatic carbocycles. The third-order valence-corrected chi connectivity index (χ3v) is 1.63. The maximum Gasteiger partial charge on any atom is 0.141 e. The van der Waals surface area contributed by atoms with Crippen LogP contribution in [-0.4, -0.2) is 16.2 Å². The van der Waals surface area contributed by atoms with E-state index in [1.165, 1.54) is 12.3 Å². The molecule has 4 heteroatoms. The summed E-state index contributed by atoms with van der Waals surface area (Å²) in [6, 6.07) is 0.692. The molecule has 66 valence electrons. The zero-order chi connectivity index (χ0) is 9.14. The zero-order valence-corrected chi connectivity index (χ0v) is 6.74. The van der Waals surface area contributed by atoms with Crippen LogP contribution in [0.5, 0.6) is 0 Å². The lowest BCUT2D eigenvalue weighted by Crippen LogP contribution is -2.23. The fraction of sp³-hybridized carbons (Fsp3) is 0.375.